The minimum Gasteiger partial charge on any atom is -0.383 e. The SMILES string of the molecule is Cc1cc([N+](=O)[O-])c(Cl)cc1NCCN1CCCC1. The van der Waals surface area contributed by atoms with Crippen LogP contribution in [0.1, 0.15) is 18.4 Å². The van der Waals surface area contributed by atoms with Crippen LogP contribution >= 0.6 is 11.6 Å². The number of likely N-dealkylation sites (tertiary alicyclic amines) is 1. The van der Waals surface area contributed by atoms with Crippen molar-refractivity contribution in [3.05, 3.63) is 32.8 Å². The maximum Gasteiger partial charge on any atom is 0.288 e. The molecule has 1 heterocycles. The van der Waals surface area contributed by atoms with E-state index in [1.807, 2.05) is 6.92 Å². The lowest BCUT2D eigenvalue weighted by atomic mass is 10.2. The average molecular weight is 284 g/mol. The molecule has 0 bridgehead atoms. The Kier molecular flexibility index (Phi) is 4.61. The molecule has 0 radical (unpaired) electrons. The van der Waals surface area contributed by atoms with Crippen LogP contribution in [0.5, 0.6) is 0 Å². The van der Waals surface area contributed by atoms with Crippen LogP contribution in [0.3, 0.4) is 0 Å². The van der Waals surface area contributed by atoms with E-state index in [4.69, 9.17) is 11.6 Å². The van der Waals surface area contributed by atoms with Crippen molar-refractivity contribution in [3.63, 3.8) is 0 Å². The molecule has 1 fully saturated rings. The number of nitrogens with zero attached hydrogens (tertiary/aromatic N) is 2. The molecule has 0 spiro atoms. The zero-order valence-corrected chi connectivity index (χ0v) is 11.7. The maximum atomic E-state index is 10.8. The second-order valence-corrected chi connectivity index (χ2v) is 5.26. The third-order valence-electron chi connectivity index (χ3n) is 3.43. The highest BCUT2D eigenvalue weighted by atomic mass is 35.5. The third kappa shape index (κ3) is 3.58. The van der Waals surface area contributed by atoms with Crippen LogP contribution in [0.25, 0.3) is 0 Å². The summed E-state index contributed by atoms with van der Waals surface area (Å²) in [5.41, 5.74) is 1.68. The maximum absolute atomic E-state index is 10.8. The van der Waals surface area contributed by atoms with Crippen LogP contribution in [0.4, 0.5) is 11.4 Å². The van der Waals surface area contributed by atoms with Gasteiger partial charge in [-0.25, -0.2) is 0 Å². The number of rotatable bonds is 5. The summed E-state index contributed by atoms with van der Waals surface area (Å²) in [4.78, 5) is 12.7. The van der Waals surface area contributed by atoms with Crippen molar-refractivity contribution >= 4 is 23.0 Å². The van der Waals surface area contributed by atoms with Crippen LogP contribution in [0.15, 0.2) is 12.1 Å². The van der Waals surface area contributed by atoms with E-state index in [2.05, 4.69) is 10.2 Å². The highest BCUT2D eigenvalue weighted by Crippen LogP contribution is 2.30. The highest BCUT2D eigenvalue weighted by Gasteiger charge is 2.15. The fourth-order valence-corrected chi connectivity index (χ4v) is 2.58. The van der Waals surface area contributed by atoms with Crippen LogP contribution in [0.2, 0.25) is 5.02 Å². The number of nitro benzene ring substituents is 1. The van der Waals surface area contributed by atoms with Gasteiger partial charge in [0.2, 0.25) is 0 Å². The molecule has 1 aliphatic heterocycles. The number of nitrogens with one attached hydrogen (secondary N) is 1. The molecule has 1 aliphatic rings. The summed E-state index contributed by atoms with van der Waals surface area (Å²) in [6, 6.07) is 3.15. The van der Waals surface area contributed by atoms with E-state index < -0.39 is 4.92 Å². The average Bonchev–Trinajstić information content (AvgIpc) is 2.85. The molecule has 104 valence electrons. The number of halogens is 1. The van der Waals surface area contributed by atoms with Gasteiger partial charge in [-0.05, 0) is 44.5 Å². The number of anilines is 1. The van der Waals surface area contributed by atoms with Crippen molar-refractivity contribution in [2.75, 3.05) is 31.5 Å². The lowest BCUT2D eigenvalue weighted by Crippen LogP contribution is -2.26. The first-order valence-electron chi connectivity index (χ1n) is 6.48. The van der Waals surface area contributed by atoms with Crippen molar-refractivity contribution in [1.29, 1.82) is 0 Å². The first-order chi connectivity index (χ1) is 9.08. The predicted molar refractivity (Wildman–Crippen MR) is 77.0 cm³/mol. The van der Waals surface area contributed by atoms with Gasteiger partial charge in [0.15, 0.2) is 0 Å². The summed E-state index contributed by atoms with van der Waals surface area (Å²) in [6.07, 6.45) is 2.56. The van der Waals surface area contributed by atoms with E-state index in [0.717, 1.165) is 24.3 Å². The first-order valence-corrected chi connectivity index (χ1v) is 6.86. The van der Waals surface area contributed by atoms with E-state index in [-0.39, 0.29) is 10.7 Å². The predicted octanol–water partition coefficient (Wildman–Crippen LogP) is 3.06. The second kappa shape index (κ2) is 6.21. The molecule has 1 aromatic carbocycles. The Hall–Kier alpha value is -1.33. The van der Waals surface area contributed by atoms with Gasteiger partial charge in [-0.15, -0.1) is 0 Å². The number of aryl methyl sites for hydroxylation is 1. The Morgan fingerprint density at radius 3 is 2.74 bits per heavy atom. The zero-order chi connectivity index (χ0) is 13.8. The molecule has 6 heteroatoms. The molecule has 2 rings (SSSR count). The molecular formula is C13H18ClN3O2. The Labute approximate surface area is 117 Å². The van der Waals surface area contributed by atoms with Gasteiger partial charge in [0.25, 0.3) is 5.69 Å². The zero-order valence-electron chi connectivity index (χ0n) is 11.0. The highest BCUT2D eigenvalue weighted by molar-refractivity contribution is 6.33. The summed E-state index contributed by atoms with van der Waals surface area (Å²) >= 11 is 5.91. The largest absolute Gasteiger partial charge is 0.383 e. The second-order valence-electron chi connectivity index (χ2n) is 4.85. The lowest BCUT2D eigenvalue weighted by molar-refractivity contribution is -0.384. The van der Waals surface area contributed by atoms with E-state index in [1.165, 1.54) is 32.0 Å². The normalized spacial score (nSPS) is 15.7. The molecule has 0 aliphatic carbocycles. The molecule has 0 atom stereocenters. The molecule has 1 saturated heterocycles. The van der Waals surface area contributed by atoms with E-state index in [9.17, 15) is 10.1 Å². The summed E-state index contributed by atoms with van der Waals surface area (Å²) in [5, 5.41) is 14.2. The number of hydrogen-bond donors (Lipinski definition) is 1. The van der Waals surface area contributed by atoms with Gasteiger partial charge in [0.05, 0.1) is 4.92 Å². The standard InChI is InChI=1S/C13H18ClN3O2/c1-10-8-13(17(18)19)11(14)9-12(10)15-4-7-16-5-2-3-6-16/h8-9,15H,2-7H2,1H3. The van der Waals surface area contributed by atoms with E-state index >= 15 is 0 Å². The fraction of sp³-hybridized carbons (Fsp3) is 0.538. The number of nitro groups is 1. The number of hydrogen-bond acceptors (Lipinski definition) is 4. The van der Waals surface area contributed by atoms with Gasteiger partial charge < -0.3 is 10.2 Å². The first kappa shape index (κ1) is 14.1. The number of benzene rings is 1. The molecular weight excluding hydrogens is 266 g/mol. The van der Waals surface area contributed by atoms with Gasteiger partial charge >= 0.3 is 0 Å². The van der Waals surface area contributed by atoms with Crippen molar-refractivity contribution in [2.24, 2.45) is 0 Å². The van der Waals surface area contributed by atoms with Crippen molar-refractivity contribution in [2.45, 2.75) is 19.8 Å². The van der Waals surface area contributed by atoms with Crippen molar-refractivity contribution < 1.29 is 4.92 Å². The molecule has 19 heavy (non-hydrogen) atoms. The van der Waals surface area contributed by atoms with Crippen LogP contribution in [0, 0.1) is 17.0 Å². The molecule has 0 amide bonds. The topological polar surface area (TPSA) is 58.4 Å². The Bertz CT molecular complexity index is 473. The minimum absolute atomic E-state index is 0.0377. The summed E-state index contributed by atoms with van der Waals surface area (Å²) in [5.74, 6) is 0. The summed E-state index contributed by atoms with van der Waals surface area (Å²) in [6.45, 7) is 6.01. The van der Waals surface area contributed by atoms with Gasteiger partial charge in [-0.2, -0.15) is 0 Å². The molecule has 0 aromatic heterocycles. The molecule has 1 aromatic rings. The molecule has 0 unspecified atom stereocenters. The third-order valence-corrected chi connectivity index (χ3v) is 3.74. The summed E-state index contributed by atoms with van der Waals surface area (Å²) < 4.78 is 0. The van der Waals surface area contributed by atoms with Gasteiger partial charge in [-0.1, -0.05) is 11.6 Å². The fourth-order valence-electron chi connectivity index (χ4n) is 2.35. The quantitative estimate of drug-likeness (QED) is 0.666. The lowest BCUT2D eigenvalue weighted by Gasteiger charge is -2.16. The Balaban J connectivity index is 1.96. The van der Waals surface area contributed by atoms with Crippen molar-refractivity contribution in [3.8, 4) is 0 Å². The Morgan fingerprint density at radius 1 is 1.42 bits per heavy atom. The molecule has 5 nitrogen and oxygen atoms in total. The summed E-state index contributed by atoms with van der Waals surface area (Å²) in [7, 11) is 0. The van der Waals surface area contributed by atoms with Crippen LogP contribution in [-0.2, 0) is 0 Å². The van der Waals surface area contributed by atoms with Gasteiger partial charge in [-0.3, -0.25) is 10.1 Å². The van der Waals surface area contributed by atoms with Gasteiger partial charge in [0, 0.05) is 24.8 Å². The van der Waals surface area contributed by atoms with E-state index in [1.54, 1.807) is 6.07 Å². The minimum atomic E-state index is -0.455. The Morgan fingerprint density at radius 2 is 2.11 bits per heavy atom. The molecule has 0 saturated carbocycles. The monoisotopic (exact) mass is 283 g/mol. The van der Waals surface area contributed by atoms with Crippen molar-refractivity contribution in [1.82, 2.24) is 4.90 Å². The molecule has 1 N–H and O–H groups in total. The van der Waals surface area contributed by atoms with E-state index in [0.29, 0.717) is 0 Å². The van der Waals surface area contributed by atoms with Gasteiger partial charge in [0.1, 0.15) is 5.02 Å². The van der Waals surface area contributed by atoms with Crippen LogP contribution in [-0.4, -0.2) is 36.0 Å². The smallest absolute Gasteiger partial charge is 0.288 e. The van der Waals surface area contributed by atoms with Crippen LogP contribution < -0.4 is 5.32 Å².